The number of urea groups is 1. The molecule has 3 N–H and O–H groups in total. The summed E-state index contributed by atoms with van der Waals surface area (Å²) in [7, 11) is 0. The van der Waals surface area contributed by atoms with Crippen LogP contribution in [0.15, 0.2) is 91.2 Å². The highest BCUT2D eigenvalue weighted by molar-refractivity contribution is 5.76. The summed E-state index contributed by atoms with van der Waals surface area (Å²) < 4.78 is 86.9. The van der Waals surface area contributed by atoms with E-state index in [-0.39, 0.29) is 29.9 Å². The predicted molar refractivity (Wildman–Crippen MR) is 149 cm³/mol. The van der Waals surface area contributed by atoms with E-state index in [4.69, 9.17) is 0 Å². The van der Waals surface area contributed by atoms with E-state index in [1.54, 1.807) is 30.3 Å². The zero-order valence-electron chi connectivity index (χ0n) is 23.1. The number of halogens is 6. The fraction of sp³-hybridized carbons (Fsp3) is 0.323. The van der Waals surface area contributed by atoms with Gasteiger partial charge >= 0.3 is 18.8 Å². The number of ether oxygens (including phenoxy) is 2. The van der Waals surface area contributed by atoms with Gasteiger partial charge in [-0.1, -0.05) is 74.0 Å². The molecule has 12 heteroatoms. The molecule has 0 aromatic heterocycles. The van der Waals surface area contributed by atoms with Crippen LogP contribution < -0.4 is 20.1 Å². The number of unbranched alkanes of at least 4 members (excludes halogenated alkanes) is 3. The number of allylic oxidation sites excluding steroid dienone is 1. The van der Waals surface area contributed by atoms with E-state index in [9.17, 15) is 36.2 Å². The molecule has 0 heterocycles. The monoisotopic (exact) mass is 610 g/mol. The van der Waals surface area contributed by atoms with Gasteiger partial charge in [0.05, 0.1) is 11.3 Å². The van der Waals surface area contributed by atoms with Crippen molar-refractivity contribution in [3.8, 4) is 11.5 Å². The number of alkyl halides is 6. The minimum absolute atomic E-state index is 0.0444. The van der Waals surface area contributed by atoms with E-state index in [0.29, 0.717) is 18.4 Å². The first-order valence-electron chi connectivity index (χ1n) is 13.4. The second-order valence-electron chi connectivity index (χ2n) is 9.83. The molecular weight excluding hydrogens is 578 g/mol. The van der Waals surface area contributed by atoms with Crippen LogP contribution >= 0.6 is 0 Å². The molecule has 6 nitrogen and oxygen atoms in total. The Labute approximate surface area is 245 Å². The molecule has 0 saturated heterocycles. The summed E-state index contributed by atoms with van der Waals surface area (Å²) in [6.07, 6.45) is -6.71. The molecule has 0 radical (unpaired) electrons. The van der Waals surface area contributed by atoms with Crippen molar-refractivity contribution < 1.29 is 45.7 Å². The van der Waals surface area contributed by atoms with Gasteiger partial charge in [-0.05, 0) is 53.8 Å². The van der Waals surface area contributed by atoms with Gasteiger partial charge in [0.15, 0.2) is 0 Å². The van der Waals surface area contributed by atoms with Gasteiger partial charge < -0.3 is 25.2 Å². The minimum Gasteiger partial charge on any atom is -0.513 e. The molecular formula is C31H32F6N2O4. The van der Waals surface area contributed by atoms with Crippen LogP contribution in [0.5, 0.6) is 11.5 Å². The van der Waals surface area contributed by atoms with Crippen LogP contribution in [0, 0.1) is 0 Å². The van der Waals surface area contributed by atoms with Gasteiger partial charge in [0.2, 0.25) is 0 Å². The number of hydrogen-bond donors (Lipinski definition) is 3. The topological polar surface area (TPSA) is 79.8 Å². The highest BCUT2D eigenvalue weighted by atomic mass is 19.4. The first kappa shape index (κ1) is 33.2. The summed E-state index contributed by atoms with van der Waals surface area (Å²) in [5.41, 5.74) is -0.774. The summed E-state index contributed by atoms with van der Waals surface area (Å²) in [4.78, 5) is 13.3. The summed E-state index contributed by atoms with van der Waals surface area (Å²) in [5.74, 6) is -1.04. The second-order valence-corrected chi connectivity index (χ2v) is 9.83. The number of benzene rings is 3. The van der Waals surface area contributed by atoms with E-state index < -0.39 is 35.8 Å². The third-order valence-electron chi connectivity index (χ3n) is 6.44. The van der Waals surface area contributed by atoms with Crippen LogP contribution in [0.2, 0.25) is 0 Å². The summed E-state index contributed by atoms with van der Waals surface area (Å²) in [6, 6.07) is 17.8. The molecule has 0 fully saturated rings. The lowest BCUT2D eigenvalue weighted by molar-refractivity contribution is -0.275. The van der Waals surface area contributed by atoms with E-state index in [1.807, 2.05) is 0 Å². The first-order valence-corrected chi connectivity index (χ1v) is 13.4. The lowest BCUT2D eigenvalue weighted by Crippen LogP contribution is -2.52. The molecule has 232 valence electrons. The first-order chi connectivity index (χ1) is 20.3. The van der Waals surface area contributed by atoms with Gasteiger partial charge in [-0.2, -0.15) is 0 Å². The zero-order valence-corrected chi connectivity index (χ0v) is 23.1. The zero-order chi connectivity index (χ0) is 31.5. The Hall–Kier alpha value is -4.35. The van der Waals surface area contributed by atoms with Crippen molar-refractivity contribution in [2.24, 2.45) is 0 Å². The Morgan fingerprint density at radius 2 is 1.28 bits per heavy atom. The highest BCUT2D eigenvalue weighted by Gasteiger charge is 2.39. The fourth-order valence-electron chi connectivity index (χ4n) is 4.63. The molecule has 0 unspecified atom stereocenters. The maximum absolute atomic E-state index is 13.3. The van der Waals surface area contributed by atoms with Crippen molar-refractivity contribution in [2.75, 3.05) is 6.54 Å². The molecule has 3 aromatic carbocycles. The predicted octanol–water partition coefficient (Wildman–Crippen LogP) is 8.29. The number of amides is 2. The van der Waals surface area contributed by atoms with Crippen molar-refractivity contribution >= 4 is 6.03 Å². The summed E-state index contributed by atoms with van der Waals surface area (Å²) in [5, 5.41) is 14.8. The van der Waals surface area contributed by atoms with Gasteiger partial charge in [-0.25, -0.2) is 4.79 Å². The Kier molecular flexibility index (Phi) is 11.3. The number of hydrogen-bond acceptors (Lipinski definition) is 4. The Morgan fingerprint density at radius 1 is 0.744 bits per heavy atom. The molecule has 0 saturated carbocycles. The van der Waals surface area contributed by atoms with E-state index in [0.717, 1.165) is 43.5 Å². The standard InChI is InChI=1S/C31H32F6N2O4/c1-22(40)11-5-2-3-8-18-38-28(41)39-29(21-23-12-6-4-7-13-23,24-14-9-16-26(19-24)42-30(32,33)34)25-15-10-17-27(20-25)43-31(35,36)37/h4,6-7,9-10,12-17,19-20,40H,1-3,5,8,11,18,21H2,(H2,38,39,41). The molecule has 43 heavy (non-hydrogen) atoms. The Morgan fingerprint density at radius 3 is 1.79 bits per heavy atom. The second kappa shape index (κ2) is 14.7. The molecule has 0 atom stereocenters. The van der Waals surface area contributed by atoms with E-state index in [1.165, 1.54) is 24.3 Å². The van der Waals surface area contributed by atoms with Gasteiger partial charge in [0.1, 0.15) is 11.5 Å². The smallest absolute Gasteiger partial charge is 0.513 e. The number of nitrogens with one attached hydrogen (secondary N) is 2. The average Bonchev–Trinajstić information content (AvgIpc) is 2.91. The van der Waals surface area contributed by atoms with Crippen LogP contribution in [0.4, 0.5) is 31.1 Å². The van der Waals surface area contributed by atoms with Crippen molar-refractivity contribution in [3.05, 3.63) is 108 Å². The molecule has 0 spiro atoms. The van der Waals surface area contributed by atoms with Crippen LogP contribution in [-0.2, 0) is 12.0 Å². The molecule has 0 aliphatic rings. The van der Waals surface area contributed by atoms with Gasteiger partial charge in [-0.15, -0.1) is 26.3 Å². The van der Waals surface area contributed by atoms with Crippen molar-refractivity contribution in [2.45, 2.75) is 56.8 Å². The molecule has 3 aromatic rings. The maximum atomic E-state index is 13.3. The lowest BCUT2D eigenvalue weighted by atomic mass is 9.77. The Bertz CT molecular complexity index is 1290. The largest absolute Gasteiger partial charge is 0.573 e. The number of carbonyl (C=O) groups excluding carboxylic acids is 1. The summed E-state index contributed by atoms with van der Waals surface area (Å²) >= 11 is 0. The van der Waals surface area contributed by atoms with Gasteiger partial charge in [0, 0.05) is 19.4 Å². The van der Waals surface area contributed by atoms with E-state index >= 15 is 0 Å². The highest BCUT2D eigenvalue weighted by Crippen LogP contribution is 2.38. The van der Waals surface area contributed by atoms with Gasteiger partial charge in [-0.3, -0.25) is 0 Å². The number of rotatable bonds is 14. The number of carbonyl (C=O) groups is 1. The minimum atomic E-state index is -5.00. The van der Waals surface area contributed by atoms with Crippen LogP contribution in [0.1, 0.15) is 48.8 Å². The molecule has 3 rings (SSSR count). The van der Waals surface area contributed by atoms with Crippen molar-refractivity contribution in [3.63, 3.8) is 0 Å². The fourth-order valence-corrected chi connectivity index (χ4v) is 4.63. The third kappa shape index (κ3) is 11.1. The van der Waals surface area contributed by atoms with Crippen molar-refractivity contribution in [1.29, 1.82) is 0 Å². The van der Waals surface area contributed by atoms with Gasteiger partial charge in [0.25, 0.3) is 0 Å². The third-order valence-corrected chi connectivity index (χ3v) is 6.44. The lowest BCUT2D eigenvalue weighted by Gasteiger charge is -2.37. The normalized spacial score (nSPS) is 12.0. The molecule has 2 amide bonds. The van der Waals surface area contributed by atoms with Crippen LogP contribution in [-0.4, -0.2) is 30.4 Å². The average molecular weight is 611 g/mol. The summed E-state index contributed by atoms with van der Waals surface area (Å²) in [6.45, 7) is 3.69. The molecule has 0 bridgehead atoms. The van der Waals surface area contributed by atoms with E-state index in [2.05, 4.69) is 26.7 Å². The number of aliphatic hydroxyl groups excluding tert-OH is 1. The quantitative estimate of drug-likeness (QED) is 0.0975. The molecule has 0 aliphatic carbocycles. The van der Waals surface area contributed by atoms with Crippen LogP contribution in [0.3, 0.4) is 0 Å². The number of aliphatic hydroxyl groups is 1. The Balaban J connectivity index is 2.02. The van der Waals surface area contributed by atoms with Crippen LogP contribution in [0.25, 0.3) is 0 Å². The SMILES string of the molecule is C=C(O)CCCCCCNC(=O)NC(Cc1ccccc1)(c1cccc(OC(F)(F)F)c1)c1cccc(OC(F)(F)F)c1. The molecule has 0 aliphatic heterocycles. The maximum Gasteiger partial charge on any atom is 0.573 e. The van der Waals surface area contributed by atoms with Crippen molar-refractivity contribution in [1.82, 2.24) is 10.6 Å².